The lowest BCUT2D eigenvalue weighted by atomic mass is 9.79. The lowest BCUT2D eigenvalue weighted by Gasteiger charge is -2.28. The van der Waals surface area contributed by atoms with Crippen molar-refractivity contribution < 1.29 is 14.7 Å². The SMILES string of the molecule is Cn1cc(Cl)cc1C(=O)NCC1CCCCC1C(=O)O. The molecule has 1 amide bonds. The Morgan fingerprint density at radius 3 is 2.75 bits per heavy atom. The minimum absolute atomic E-state index is 0.0148. The molecule has 0 saturated heterocycles. The summed E-state index contributed by atoms with van der Waals surface area (Å²) in [6, 6.07) is 1.60. The molecule has 1 aromatic rings. The molecule has 1 aliphatic rings. The molecule has 2 N–H and O–H groups in total. The Morgan fingerprint density at radius 1 is 1.45 bits per heavy atom. The van der Waals surface area contributed by atoms with Crippen molar-refractivity contribution in [3.8, 4) is 0 Å². The van der Waals surface area contributed by atoms with Gasteiger partial charge in [-0.05, 0) is 24.8 Å². The Labute approximate surface area is 122 Å². The first kappa shape index (κ1) is 14.9. The first-order valence-corrected chi connectivity index (χ1v) is 7.19. The van der Waals surface area contributed by atoms with Gasteiger partial charge in [-0.15, -0.1) is 0 Å². The van der Waals surface area contributed by atoms with Crippen LogP contribution in [0.15, 0.2) is 12.3 Å². The highest BCUT2D eigenvalue weighted by Gasteiger charge is 2.31. The number of rotatable bonds is 4. The fourth-order valence-electron chi connectivity index (χ4n) is 2.84. The minimum Gasteiger partial charge on any atom is -0.481 e. The molecule has 2 unspecified atom stereocenters. The molecular weight excluding hydrogens is 280 g/mol. The molecule has 1 saturated carbocycles. The number of hydrogen-bond donors (Lipinski definition) is 2. The van der Waals surface area contributed by atoms with E-state index in [-0.39, 0.29) is 17.7 Å². The summed E-state index contributed by atoms with van der Waals surface area (Å²) in [5.41, 5.74) is 0.484. The number of carboxylic acids is 1. The molecule has 0 bridgehead atoms. The fraction of sp³-hybridized carbons (Fsp3) is 0.571. The van der Waals surface area contributed by atoms with Crippen molar-refractivity contribution in [3.05, 3.63) is 23.0 Å². The van der Waals surface area contributed by atoms with Crippen LogP contribution >= 0.6 is 11.6 Å². The van der Waals surface area contributed by atoms with Gasteiger partial charge in [0.05, 0.1) is 10.9 Å². The highest BCUT2D eigenvalue weighted by Crippen LogP contribution is 2.29. The van der Waals surface area contributed by atoms with Crippen molar-refractivity contribution >= 4 is 23.5 Å². The van der Waals surface area contributed by atoms with Gasteiger partial charge in [-0.3, -0.25) is 9.59 Å². The molecule has 1 heterocycles. The molecule has 2 atom stereocenters. The Hall–Kier alpha value is -1.49. The summed E-state index contributed by atoms with van der Waals surface area (Å²) < 4.78 is 1.66. The molecule has 2 rings (SSSR count). The predicted octanol–water partition coefficient (Wildman–Crippen LogP) is 2.30. The summed E-state index contributed by atoms with van der Waals surface area (Å²) in [5.74, 6) is -1.30. The van der Waals surface area contributed by atoms with E-state index in [9.17, 15) is 14.7 Å². The van der Waals surface area contributed by atoms with Gasteiger partial charge >= 0.3 is 5.97 Å². The Balaban J connectivity index is 1.95. The maximum Gasteiger partial charge on any atom is 0.306 e. The third kappa shape index (κ3) is 3.33. The van der Waals surface area contributed by atoms with Crippen molar-refractivity contribution in [2.75, 3.05) is 6.54 Å². The zero-order valence-electron chi connectivity index (χ0n) is 11.4. The van der Waals surface area contributed by atoms with E-state index in [0.29, 0.717) is 23.7 Å². The van der Waals surface area contributed by atoms with Gasteiger partial charge in [-0.25, -0.2) is 0 Å². The quantitative estimate of drug-likeness (QED) is 0.896. The number of nitrogens with one attached hydrogen (secondary N) is 1. The van der Waals surface area contributed by atoms with Crippen LogP contribution in [0.3, 0.4) is 0 Å². The van der Waals surface area contributed by atoms with Gasteiger partial charge in [-0.1, -0.05) is 24.4 Å². The van der Waals surface area contributed by atoms with Crippen LogP contribution in [0.25, 0.3) is 0 Å². The molecule has 5 nitrogen and oxygen atoms in total. The third-order valence-electron chi connectivity index (χ3n) is 3.96. The lowest BCUT2D eigenvalue weighted by Crippen LogP contribution is -2.37. The van der Waals surface area contributed by atoms with Gasteiger partial charge in [0.2, 0.25) is 0 Å². The summed E-state index contributed by atoms with van der Waals surface area (Å²) in [5, 5.41) is 12.5. The monoisotopic (exact) mass is 298 g/mol. The highest BCUT2D eigenvalue weighted by molar-refractivity contribution is 6.31. The number of hydrogen-bond acceptors (Lipinski definition) is 2. The normalized spacial score (nSPS) is 22.5. The van der Waals surface area contributed by atoms with Gasteiger partial charge in [0, 0.05) is 19.8 Å². The van der Waals surface area contributed by atoms with Gasteiger partial charge in [-0.2, -0.15) is 0 Å². The third-order valence-corrected chi connectivity index (χ3v) is 4.16. The van der Waals surface area contributed by atoms with E-state index in [1.165, 1.54) is 0 Å². The van der Waals surface area contributed by atoms with Crippen LogP contribution < -0.4 is 5.32 Å². The van der Waals surface area contributed by atoms with E-state index < -0.39 is 5.97 Å². The number of aryl methyl sites for hydroxylation is 1. The zero-order valence-corrected chi connectivity index (χ0v) is 12.2. The fourth-order valence-corrected chi connectivity index (χ4v) is 3.09. The average Bonchev–Trinajstić information content (AvgIpc) is 2.75. The summed E-state index contributed by atoms with van der Waals surface area (Å²) >= 11 is 5.84. The van der Waals surface area contributed by atoms with Crippen LogP contribution in [0.4, 0.5) is 0 Å². The molecule has 0 radical (unpaired) electrons. The summed E-state index contributed by atoms with van der Waals surface area (Å²) in [6.07, 6.45) is 5.20. The summed E-state index contributed by atoms with van der Waals surface area (Å²) in [4.78, 5) is 23.3. The second kappa shape index (κ2) is 6.31. The van der Waals surface area contributed by atoms with E-state index in [0.717, 1.165) is 19.3 Å². The zero-order chi connectivity index (χ0) is 14.7. The Bertz CT molecular complexity index is 513. The first-order valence-electron chi connectivity index (χ1n) is 6.82. The van der Waals surface area contributed by atoms with Gasteiger partial charge in [0.25, 0.3) is 5.91 Å². The van der Waals surface area contributed by atoms with Crippen molar-refractivity contribution in [2.24, 2.45) is 18.9 Å². The van der Waals surface area contributed by atoms with E-state index in [1.807, 2.05) is 0 Å². The number of carbonyl (C=O) groups excluding carboxylic acids is 1. The standard InChI is InChI=1S/C14H19ClN2O3/c1-17-8-10(15)6-12(17)13(18)16-7-9-4-2-3-5-11(9)14(19)20/h6,8-9,11H,2-5,7H2,1H3,(H,16,18)(H,19,20). The van der Waals surface area contributed by atoms with Crippen LogP contribution in [-0.4, -0.2) is 28.1 Å². The molecule has 20 heavy (non-hydrogen) atoms. The molecule has 1 aliphatic carbocycles. The second-order valence-electron chi connectivity index (χ2n) is 5.35. The van der Waals surface area contributed by atoms with E-state index in [2.05, 4.69) is 5.32 Å². The molecule has 0 spiro atoms. The maximum atomic E-state index is 12.1. The average molecular weight is 299 g/mol. The van der Waals surface area contributed by atoms with Gasteiger partial charge < -0.3 is 15.0 Å². The van der Waals surface area contributed by atoms with Crippen LogP contribution in [0, 0.1) is 11.8 Å². The predicted molar refractivity (Wildman–Crippen MR) is 75.8 cm³/mol. The van der Waals surface area contributed by atoms with Crippen molar-refractivity contribution in [1.82, 2.24) is 9.88 Å². The smallest absolute Gasteiger partial charge is 0.306 e. The van der Waals surface area contributed by atoms with Gasteiger partial charge in [0.1, 0.15) is 5.69 Å². The van der Waals surface area contributed by atoms with Crippen molar-refractivity contribution in [2.45, 2.75) is 25.7 Å². The van der Waals surface area contributed by atoms with Crippen molar-refractivity contribution in [1.29, 1.82) is 0 Å². The van der Waals surface area contributed by atoms with Crippen molar-refractivity contribution in [3.63, 3.8) is 0 Å². The molecule has 0 aromatic carbocycles. The Kier molecular flexibility index (Phi) is 4.70. The van der Waals surface area contributed by atoms with E-state index in [4.69, 9.17) is 11.6 Å². The number of carbonyl (C=O) groups is 2. The topological polar surface area (TPSA) is 71.3 Å². The number of halogens is 1. The lowest BCUT2D eigenvalue weighted by molar-refractivity contribution is -0.144. The summed E-state index contributed by atoms with van der Waals surface area (Å²) in [7, 11) is 1.75. The number of amides is 1. The molecule has 110 valence electrons. The number of carboxylic acid groups (broad SMARTS) is 1. The van der Waals surface area contributed by atoms with Crippen LogP contribution in [-0.2, 0) is 11.8 Å². The minimum atomic E-state index is -0.758. The van der Waals surface area contributed by atoms with E-state index >= 15 is 0 Å². The molecule has 1 fully saturated rings. The number of aromatic nitrogens is 1. The molecule has 1 aromatic heterocycles. The first-order chi connectivity index (χ1) is 9.49. The Morgan fingerprint density at radius 2 is 2.15 bits per heavy atom. The molecular formula is C14H19ClN2O3. The van der Waals surface area contributed by atoms with Crippen LogP contribution in [0.2, 0.25) is 5.02 Å². The largest absolute Gasteiger partial charge is 0.481 e. The highest BCUT2D eigenvalue weighted by atomic mass is 35.5. The van der Waals surface area contributed by atoms with E-state index in [1.54, 1.807) is 23.9 Å². The molecule has 6 heteroatoms. The van der Waals surface area contributed by atoms with Crippen LogP contribution in [0.1, 0.15) is 36.2 Å². The summed E-state index contributed by atoms with van der Waals surface area (Å²) in [6.45, 7) is 0.401. The van der Waals surface area contributed by atoms with Crippen LogP contribution in [0.5, 0.6) is 0 Å². The second-order valence-corrected chi connectivity index (χ2v) is 5.79. The van der Waals surface area contributed by atoms with Gasteiger partial charge in [0.15, 0.2) is 0 Å². The number of nitrogens with zero attached hydrogens (tertiary/aromatic N) is 1. The molecule has 0 aliphatic heterocycles. The number of aliphatic carboxylic acids is 1. The maximum absolute atomic E-state index is 12.1.